The maximum absolute atomic E-state index is 11.8. The third-order valence-electron chi connectivity index (χ3n) is 8.05. The molecule has 0 saturated carbocycles. The Morgan fingerprint density at radius 3 is 1.02 bits per heavy atom. The second-order valence-corrected chi connectivity index (χ2v) is 13.1. The van der Waals surface area contributed by atoms with E-state index in [9.17, 15) is 14.4 Å². The van der Waals surface area contributed by atoms with Crippen LogP contribution in [0.25, 0.3) is 0 Å². The first kappa shape index (κ1) is 56.0. The zero-order chi connectivity index (χ0) is 42.1. The summed E-state index contributed by atoms with van der Waals surface area (Å²) in [5.41, 5.74) is 0. The zero-order valence-corrected chi connectivity index (χ0v) is 35.7. The normalized spacial score (nSPS) is 11.3. The fourth-order valence-corrected chi connectivity index (χ4v) is 4.88. The molecular weight excluding hydrogens is 762 g/mol. The van der Waals surface area contributed by atoms with Crippen LogP contribution in [0.2, 0.25) is 0 Å². The van der Waals surface area contributed by atoms with Gasteiger partial charge in [-0.3, -0.25) is 14.4 Å². The van der Waals surface area contributed by atoms with Crippen molar-refractivity contribution < 1.29 is 76.3 Å². The topological polar surface area (TPSA) is 194 Å². The van der Waals surface area contributed by atoms with Crippen LogP contribution in [0.5, 0.6) is 0 Å². The summed E-state index contributed by atoms with van der Waals surface area (Å²) in [6.45, 7) is 13.2. The first-order valence-electron chi connectivity index (χ1n) is 21.6. The Kier molecular flexibility index (Phi) is 47.6. The molecule has 2 N–H and O–H groups in total. The van der Waals surface area contributed by atoms with E-state index < -0.39 is 5.97 Å². The molecule has 0 radical (unpaired) electrons. The van der Waals surface area contributed by atoms with Crippen LogP contribution in [-0.4, -0.2) is 181 Å². The fourth-order valence-electron chi connectivity index (χ4n) is 4.88. The summed E-state index contributed by atoms with van der Waals surface area (Å²) in [5, 5.41) is 11.2. The van der Waals surface area contributed by atoms with Crippen molar-refractivity contribution in [3.63, 3.8) is 0 Å². The van der Waals surface area contributed by atoms with Crippen LogP contribution in [0.3, 0.4) is 0 Å². The Morgan fingerprint density at radius 1 is 0.362 bits per heavy atom. The number of carboxylic acid groups (broad SMARTS) is 1. The summed E-state index contributed by atoms with van der Waals surface area (Å²) in [5.74, 6) is -1.40. The minimum Gasteiger partial charge on any atom is -0.481 e. The Bertz CT molecular complexity index is 872. The van der Waals surface area contributed by atoms with Gasteiger partial charge < -0.3 is 67.3 Å². The summed E-state index contributed by atoms with van der Waals surface area (Å²) in [6.07, 6.45) is 12.0. The standard InChI is InChI=1S/C41H79NO16/c1-2-3-4-5-6-7-8-9-10-12-41(46)58-38-37-57-36-35-56-34-33-55-32-31-54-30-29-53-28-27-52-26-25-51-24-23-50-22-21-49-20-19-48-18-17-47-16-11-15-42-39(43)13-14-40(44)45/h2-38H2,1H3,(H,42,43)(H,44,45). The van der Waals surface area contributed by atoms with Gasteiger partial charge >= 0.3 is 11.9 Å². The molecule has 0 rings (SSSR count). The summed E-state index contributed by atoms with van der Waals surface area (Å²) in [6, 6.07) is 0. The molecule has 0 aliphatic heterocycles. The van der Waals surface area contributed by atoms with Crippen molar-refractivity contribution in [2.24, 2.45) is 0 Å². The lowest BCUT2D eigenvalue weighted by Crippen LogP contribution is -2.25. The number of rotatable bonds is 50. The molecule has 0 aromatic carbocycles. The summed E-state index contributed by atoms with van der Waals surface area (Å²) < 4.78 is 65.4. The van der Waals surface area contributed by atoms with E-state index in [4.69, 9.17) is 61.9 Å². The molecule has 0 aromatic rings. The Balaban J connectivity index is 3.13. The lowest BCUT2D eigenvalue weighted by Gasteiger charge is -2.09. The van der Waals surface area contributed by atoms with E-state index in [-0.39, 0.29) is 31.3 Å². The molecule has 0 aliphatic carbocycles. The molecule has 0 spiro atoms. The fraction of sp³-hybridized carbons (Fsp3) is 0.927. The van der Waals surface area contributed by atoms with Gasteiger partial charge in [-0.1, -0.05) is 58.3 Å². The molecule has 17 nitrogen and oxygen atoms in total. The number of carboxylic acids is 1. The summed E-state index contributed by atoms with van der Waals surface area (Å²) in [7, 11) is 0. The van der Waals surface area contributed by atoms with Crippen LogP contribution in [0, 0.1) is 0 Å². The predicted molar refractivity (Wildman–Crippen MR) is 216 cm³/mol. The van der Waals surface area contributed by atoms with Gasteiger partial charge in [0.1, 0.15) is 6.61 Å². The summed E-state index contributed by atoms with van der Waals surface area (Å²) in [4.78, 5) is 33.6. The molecule has 0 heterocycles. The van der Waals surface area contributed by atoms with Gasteiger partial charge in [0.25, 0.3) is 0 Å². The molecule has 0 atom stereocenters. The van der Waals surface area contributed by atoms with E-state index in [1.54, 1.807) is 0 Å². The Morgan fingerprint density at radius 2 is 0.672 bits per heavy atom. The highest BCUT2D eigenvalue weighted by Crippen LogP contribution is 2.10. The zero-order valence-electron chi connectivity index (χ0n) is 35.7. The van der Waals surface area contributed by atoms with Crippen molar-refractivity contribution in [1.29, 1.82) is 0 Å². The van der Waals surface area contributed by atoms with Gasteiger partial charge in [0, 0.05) is 26.0 Å². The van der Waals surface area contributed by atoms with E-state index >= 15 is 0 Å². The molecule has 0 aromatic heterocycles. The number of hydrogen-bond acceptors (Lipinski definition) is 15. The van der Waals surface area contributed by atoms with Crippen molar-refractivity contribution in [3.8, 4) is 0 Å². The average molecular weight is 842 g/mol. The molecule has 0 bridgehead atoms. The number of aliphatic carboxylic acids is 1. The molecule has 17 heteroatoms. The van der Waals surface area contributed by atoms with Gasteiger partial charge in [0.15, 0.2) is 0 Å². The molecule has 0 fully saturated rings. The van der Waals surface area contributed by atoms with Crippen molar-refractivity contribution in [1.82, 2.24) is 5.32 Å². The van der Waals surface area contributed by atoms with Gasteiger partial charge in [0.2, 0.25) is 5.91 Å². The number of carbonyl (C=O) groups is 3. The maximum Gasteiger partial charge on any atom is 0.305 e. The molecule has 1 amide bonds. The molecular formula is C41H79NO16. The minimum absolute atomic E-state index is 0.0132. The highest BCUT2D eigenvalue weighted by molar-refractivity contribution is 5.80. The van der Waals surface area contributed by atoms with Crippen molar-refractivity contribution in [2.45, 2.75) is 90.4 Å². The number of ether oxygens (including phenoxy) is 12. The second-order valence-electron chi connectivity index (χ2n) is 13.1. The van der Waals surface area contributed by atoms with Gasteiger partial charge in [0.05, 0.1) is 145 Å². The number of unbranched alkanes of at least 4 members (excludes halogenated alkanes) is 8. The van der Waals surface area contributed by atoms with Crippen molar-refractivity contribution in [2.75, 3.05) is 159 Å². The summed E-state index contributed by atoms with van der Waals surface area (Å²) >= 11 is 0. The first-order valence-corrected chi connectivity index (χ1v) is 21.6. The van der Waals surface area contributed by atoms with Crippen LogP contribution < -0.4 is 5.32 Å². The second kappa shape index (κ2) is 49.3. The maximum atomic E-state index is 11.8. The lowest BCUT2D eigenvalue weighted by molar-refractivity contribution is -0.145. The number of nitrogens with one attached hydrogen (secondary N) is 1. The Labute approximate surface area is 348 Å². The highest BCUT2D eigenvalue weighted by atomic mass is 16.6. The largest absolute Gasteiger partial charge is 0.481 e. The van der Waals surface area contributed by atoms with E-state index in [2.05, 4.69) is 12.2 Å². The minimum atomic E-state index is -0.985. The number of hydrogen-bond donors (Lipinski definition) is 2. The third-order valence-corrected chi connectivity index (χ3v) is 8.05. The number of carbonyl (C=O) groups excluding carboxylic acids is 2. The third kappa shape index (κ3) is 50.1. The van der Waals surface area contributed by atoms with Crippen LogP contribution in [-0.2, 0) is 71.2 Å². The SMILES string of the molecule is CCCCCCCCCCCC(=O)OCCOCCOCCOCCOCCOCCOCCOCCOCCOCCOCCOCCCNC(=O)CCC(=O)O. The van der Waals surface area contributed by atoms with Gasteiger partial charge in [-0.2, -0.15) is 0 Å². The van der Waals surface area contributed by atoms with E-state index in [1.165, 1.54) is 44.9 Å². The number of amides is 1. The van der Waals surface area contributed by atoms with Crippen molar-refractivity contribution >= 4 is 17.8 Å². The molecule has 0 saturated heterocycles. The molecule has 344 valence electrons. The van der Waals surface area contributed by atoms with Crippen LogP contribution in [0.1, 0.15) is 90.4 Å². The first-order chi connectivity index (χ1) is 28.6. The Hall–Kier alpha value is -2.03. The van der Waals surface area contributed by atoms with E-state index in [1.807, 2.05) is 0 Å². The monoisotopic (exact) mass is 842 g/mol. The average Bonchev–Trinajstić information content (AvgIpc) is 3.21. The smallest absolute Gasteiger partial charge is 0.305 e. The van der Waals surface area contributed by atoms with Crippen LogP contribution in [0.4, 0.5) is 0 Å². The van der Waals surface area contributed by atoms with Gasteiger partial charge in [-0.15, -0.1) is 0 Å². The molecule has 0 aliphatic rings. The highest BCUT2D eigenvalue weighted by Gasteiger charge is 2.05. The quantitative estimate of drug-likeness (QED) is 0.0659. The predicted octanol–water partition coefficient (Wildman–Crippen LogP) is 4.00. The molecule has 58 heavy (non-hydrogen) atoms. The molecule has 0 unspecified atom stereocenters. The van der Waals surface area contributed by atoms with Crippen LogP contribution >= 0.6 is 0 Å². The van der Waals surface area contributed by atoms with E-state index in [0.29, 0.717) is 165 Å². The lowest BCUT2D eigenvalue weighted by atomic mass is 10.1. The number of esters is 1. The van der Waals surface area contributed by atoms with Crippen molar-refractivity contribution in [3.05, 3.63) is 0 Å². The van der Waals surface area contributed by atoms with Crippen LogP contribution in [0.15, 0.2) is 0 Å². The van der Waals surface area contributed by atoms with E-state index in [0.717, 1.165) is 12.8 Å². The van der Waals surface area contributed by atoms with Gasteiger partial charge in [-0.05, 0) is 12.8 Å². The van der Waals surface area contributed by atoms with Gasteiger partial charge in [-0.25, -0.2) is 0 Å².